The van der Waals surface area contributed by atoms with Gasteiger partial charge in [-0.05, 0) is 43.2 Å². The fourth-order valence-corrected chi connectivity index (χ4v) is 5.90. The molecule has 2 heterocycles. The summed E-state index contributed by atoms with van der Waals surface area (Å²) in [5.74, 6) is 0.847. The lowest BCUT2D eigenvalue weighted by Gasteiger charge is -2.21. The van der Waals surface area contributed by atoms with Gasteiger partial charge in [-0.1, -0.05) is 72.4 Å². The zero-order valence-electron chi connectivity index (χ0n) is 17.6. The standard InChI is InChI=1S/C26H22N2OS2/c1-26(2)23(22(17-10-6-4-7-11-17)18-12-8-5-9-13-18)28-25(31-26)24-27-20-15-14-19(29-3)16-21(20)30-24/h4-16H,1-3H3. The molecule has 0 atom stereocenters. The number of aliphatic imine (C=N–C) groups is 1. The fraction of sp³-hybridized carbons (Fsp3) is 0.154. The number of fused-ring (bicyclic) bond motifs is 1. The molecule has 154 valence electrons. The number of methoxy groups -OCH3 is 1. The van der Waals surface area contributed by atoms with E-state index in [1.807, 2.05) is 18.2 Å². The maximum atomic E-state index is 5.37. The van der Waals surface area contributed by atoms with Crippen LogP contribution in [0.1, 0.15) is 30.0 Å². The second kappa shape index (κ2) is 7.98. The first-order valence-electron chi connectivity index (χ1n) is 10.1. The van der Waals surface area contributed by atoms with Crippen molar-refractivity contribution in [3.8, 4) is 5.75 Å². The predicted molar refractivity (Wildman–Crippen MR) is 133 cm³/mol. The molecule has 0 aliphatic carbocycles. The zero-order valence-corrected chi connectivity index (χ0v) is 19.3. The SMILES string of the molecule is COc1ccc2nc(C3=NC(=C(c4ccccc4)c4ccccc4)C(C)(C)S3)sc2c1. The molecule has 0 N–H and O–H groups in total. The number of aromatic nitrogens is 1. The maximum absolute atomic E-state index is 5.37. The number of hydrogen-bond acceptors (Lipinski definition) is 5. The average Bonchev–Trinajstić information content (AvgIpc) is 3.35. The number of ether oxygens (including phenoxy) is 1. The zero-order chi connectivity index (χ0) is 21.4. The Morgan fingerprint density at radius 2 is 1.52 bits per heavy atom. The number of benzene rings is 3. The molecule has 5 rings (SSSR count). The Labute approximate surface area is 190 Å². The highest BCUT2D eigenvalue weighted by Gasteiger charge is 2.37. The highest BCUT2D eigenvalue weighted by atomic mass is 32.2. The van der Waals surface area contributed by atoms with Crippen LogP contribution < -0.4 is 4.74 Å². The summed E-state index contributed by atoms with van der Waals surface area (Å²) >= 11 is 3.45. The van der Waals surface area contributed by atoms with E-state index in [1.54, 1.807) is 30.2 Å². The van der Waals surface area contributed by atoms with Crippen molar-refractivity contribution < 1.29 is 4.74 Å². The predicted octanol–water partition coefficient (Wildman–Crippen LogP) is 7.04. The normalized spacial score (nSPS) is 15.2. The van der Waals surface area contributed by atoms with E-state index in [4.69, 9.17) is 14.7 Å². The lowest BCUT2D eigenvalue weighted by molar-refractivity contribution is 0.415. The number of thioether (sulfide) groups is 1. The van der Waals surface area contributed by atoms with Gasteiger partial charge in [0.05, 0.1) is 27.8 Å². The van der Waals surface area contributed by atoms with Gasteiger partial charge in [0.1, 0.15) is 15.8 Å². The molecular formula is C26H22N2OS2. The molecule has 3 nitrogen and oxygen atoms in total. The van der Waals surface area contributed by atoms with Crippen molar-refractivity contribution in [3.63, 3.8) is 0 Å². The van der Waals surface area contributed by atoms with Crippen molar-refractivity contribution in [2.45, 2.75) is 18.6 Å². The van der Waals surface area contributed by atoms with Gasteiger partial charge in [0.25, 0.3) is 0 Å². The molecule has 0 spiro atoms. The van der Waals surface area contributed by atoms with Gasteiger partial charge in [-0.25, -0.2) is 9.98 Å². The first-order valence-corrected chi connectivity index (χ1v) is 11.8. The van der Waals surface area contributed by atoms with Crippen molar-refractivity contribution >= 4 is 43.9 Å². The summed E-state index contributed by atoms with van der Waals surface area (Å²) < 4.78 is 6.31. The van der Waals surface area contributed by atoms with E-state index in [1.165, 1.54) is 16.7 Å². The Hall–Kier alpha value is -2.89. The quantitative estimate of drug-likeness (QED) is 0.340. The summed E-state index contributed by atoms with van der Waals surface area (Å²) in [5, 5.41) is 1.93. The molecular weight excluding hydrogens is 420 g/mol. The topological polar surface area (TPSA) is 34.5 Å². The van der Waals surface area contributed by atoms with Crippen LogP contribution in [0, 0.1) is 0 Å². The molecule has 0 unspecified atom stereocenters. The third-order valence-corrected chi connectivity index (χ3v) is 7.61. The van der Waals surface area contributed by atoms with Crippen LogP contribution in [0.5, 0.6) is 5.75 Å². The largest absolute Gasteiger partial charge is 0.497 e. The van der Waals surface area contributed by atoms with Gasteiger partial charge in [-0.3, -0.25) is 0 Å². The van der Waals surface area contributed by atoms with Crippen LogP contribution in [0.4, 0.5) is 0 Å². The molecule has 3 aromatic carbocycles. The summed E-state index contributed by atoms with van der Waals surface area (Å²) in [6, 6.07) is 27.1. The highest BCUT2D eigenvalue weighted by molar-refractivity contribution is 8.16. The fourth-order valence-electron chi connectivity index (χ4n) is 3.77. The molecule has 0 bridgehead atoms. The van der Waals surface area contributed by atoms with E-state index in [-0.39, 0.29) is 4.75 Å². The molecule has 0 amide bonds. The molecule has 1 aromatic heterocycles. The molecule has 1 aliphatic rings. The highest BCUT2D eigenvalue weighted by Crippen LogP contribution is 2.47. The van der Waals surface area contributed by atoms with Crippen LogP contribution in [0.2, 0.25) is 0 Å². The number of hydrogen-bond donors (Lipinski definition) is 0. The summed E-state index contributed by atoms with van der Waals surface area (Å²) in [4.78, 5) is 10.0. The molecule has 31 heavy (non-hydrogen) atoms. The van der Waals surface area contributed by atoms with Crippen molar-refractivity contribution in [1.82, 2.24) is 4.98 Å². The van der Waals surface area contributed by atoms with E-state index in [0.717, 1.165) is 31.7 Å². The third-order valence-electron chi connectivity index (χ3n) is 5.28. The first kappa shape index (κ1) is 20.0. The van der Waals surface area contributed by atoms with Crippen molar-refractivity contribution in [3.05, 3.63) is 101 Å². The van der Waals surface area contributed by atoms with E-state index < -0.39 is 0 Å². The Kier molecular flexibility index (Phi) is 5.16. The molecule has 4 aromatic rings. The van der Waals surface area contributed by atoms with E-state index in [9.17, 15) is 0 Å². The van der Waals surface area contributed by atoms with Crippen molar-refractivity contribution in [1.29, 1.82) is 0 Å². The Morgan fingerprint density at radius 1 is 0.871 bits per heavy atom. The van der Waals surface area contributed by atoms with Crippen LogP contribution in [-0.2, 0) is 0 Å². The smallest absolute Gasteiger partial charge is 0.149 e. The Morgan fingerprint density at radius 3 is 2.13 bits per heavy atom. The van der Waals surface area contributed by atoms with Gasteiger partial charge >= 0.3 is 0 Å². The van der Waals surface area contributed by atoms with Gasteiger partial charge in [-0.2, -0.15) is 0 Å². The van der Waals surface area contributed by atoms with E-state index in [2.05, 4.69) is 74.5 Å². The Bertz CT molecular complexity index is 1260. The third kappa shape index (κ3) is 3.80. The van der Waals surface area contributed by atoms with E-state index in [0.29, 0.717) is 0 Å². The van der Waals surface area contributed by atoms with Gasteiger partial charge in [0, 0.05) is 5.57 Å². The Balaban J connectivity index is 1.69. The minimum atomic E-state index is -0.175. The number of rotatable bonds is 4. The maximum Gasteiger partial charge on any atom is 0.149 e. The van der Waals surface area contributed by atoms with Crippen molar-refractivity contribution in [2.24, 2.45) is 4.99 Å². The lowest BCUT2D eigenvalue weighted by Crippen LogP contribution is -2.15. The van der Waals surface area contributed by atoms with Gasteiger partial charge < -0.3 is 4.74 Å². The molecule has 1 aliphatic heterocycles. The summed E-state index contributed by atoms with van der Waals surface area (Å²) in [7, 11) is 1.69. The van der Waals surface area contributed by atoms with E-state index >= 15 is 0 Å². The summed E-state index contributed by atoms with van der Waals surface area (Å²) in [6.45, 7) is 4.48. The van der Waals surface area contributed by atoms with Gasteiger partial charge in [0.15, 0.2) is 0 Å². The van der Waals surface area contributed by atoms with Crippen LogP contribution in [-0.4, -0.2) is 21.9 Å². The summed E-state index contributed by atoms with van der Waals surface area (Å²) in [5.41, 5.74) is 5.59. The molecule has 0 radical (unpaired) electrons. The van der Waals surface area contributed by atoms with Crippen LogP contribution in [0.25, 0.3) is 15.8 Å². The van der Waals surface area contributed by atoms with Crippen LogP contribution >= 0.6 is 23.1 Å². The van der Waals surface area contributed by atoms with Crippen LogP contribution in [0.15, 0.2) is 89.6 Å². The second-order valence-electron chi connectivity index (χ2n) is 7.84. The second-order valence-corrected chi connectivity index (χ2v) is 10.5. The minimum absolute atomic E-state index is 0.175. The number of thiazole rings is 1. The lowest BCUT2D eigenvalue weighted by atomic mass is 9.92. The van der Waals surface area contributed by atoms with Crippen LogP contribution in [0.3, 0.4) is 0 Å². The molecule has 0 saturated heterocycles. The van der Waals surface area contributed by atoms with Gasteiger partial charge in [0.2, 0.25) is 0 Å². The minimum Gasteiger partial charge on any atom is -0.497 e. The number of nitrogens with zero attached hydrogens (tertiary/aromatic N) is 2. The summed E-state index contributed by atoms with van der Waals surface area (Å²) in [6.07, 6.45) is 0. The monoisotopic (exact) mass is 442 g/mol. The molecule has 0 saturated carbocycles. The van der Waals surface area contributed by atoms with Gasteiger partial charge in [-0.15, -0.1) is 11.3 Å². The molecule has 5 heteroatoms. The molecule has 0 fully saturated rings. The van der Waals surface area contributed by atoms with Crippen molar-refractivity contribution in [2.75, 3.05) is 7.11 Å². The average molecular weight is 443 g/mol. The first-order chi connectivity index (χ1) is 15.0.